The minimum Gasteiger partial charge on any atom is -0.394 e. The summed E-state index contributed by atoms with van der Waals surface area (Å²) < 4.78 is 0.874. The molecule has 0 aliphatic carbocycles. The summed E-state index contributed by atoms with van der Waals surface area (Å²) in [6, 6.07) is 0.158. The van der Waals surface area contributed by atoms with Gasteiger partial charge in [-0.2, -0.15) is 0 Å². The molecule has 0 spiro atoms. The fourth-order valence-corrected chi connectivity index (χ4v) is 2.19. The molecule has 0 saturated carbocycles. The third-order valence-corrected chi connectivity index (χ3v) is 3.34. The SMILES string of the molecule is CC1CCN(c2ncc(Br)cn2)C1CO. The fourth-order valence-electron chi connectivity index (χ4n) is 1.99. The molecule has 0 bridgehead atoms. The van der Waals surface area contributed by atoms with E-state index in [4.69, 9.17) is 0 Å². The highest BCUT2D eigenvalue weighted by Gasteiger charge is 2.31. The molecule has 2 heterocycles. The second kappa shape index (κ2) is 4.45. The average Bonchev–Trinajstić information content (AvgIpc) is 2.61. The number of nitrogens with zero attached hydrogens (tertiary/aromatic N) is 3. The fraction of sp³-hybridized carbons (Fsp3) is 0.600. The lowest BCUT2D eigenvalue weighted by molar-refractivity contribution is 0.244. The molecule has 1 N–H and O–H groups in total. The van der Waals surface area contributed by atoms with E-state index in [9.17, 15) is 5.11 Å². The van der Waals surface area contributed by atoms with Crippen LogP contribution in [0, 0.1) is 5.92 Å². The molecular formula is C10H14BrN3O. The Morgan fingerprint density at radius 2 is 2.20 bits per heavy atom. The van der Waals surface area contributed by atoms with Crippen LogP contribution in [0.4, 0.5) is 5.95 Å². The first kappa shape index (κ1) is 10.8. The molecule has 1 fully saturated rings. The van der Waals surface area contributed by atoms with Gasteiger partial charge < -0.3 is 10.0 Å². The predicted molar refractivity (Wildman–Crippen MR) is 61.7 cm³/mol. The van der Waals surface area contributed by atoms with Gasteiger partial charge in [-0.15, -0.1) is 0 Å². The molecule has 2 unspecified atom stereocenters. The molecule has 5 heteroatoms. The smallest absolute Gasteiger partial charge is 0.225 e. The maximum Gasteiger partial charge on any atom is 0.225 e. The molecule has 1 aliphatic rings. The van der Waals surface area contributed by atoms with Gasteiger partial charge in [0.1, 0.15) is 0 Å². The monoisotopic (exact) mass is 271 g/mol. The second-order valence-electron chi connectivity index (χ2n) is 3.91. The maximum atomic E-state index is 9.32. The Morgan fingerprint density at radius 1 is 1.53 bits per heavy atom. The number of aliphatic hydroxyl groups is 1. The number of hydrogen-bond acceptors (Lipinski definition) is 4. The van der Waals surface area contributed by atoms with Gasteiger partial charge in [-0.25, -0.2) is 9.97 Å². The van der Waals surface area contributed by atoms with Gasteiger partial charge in [-0.1, -0.05) is 6.92 Å². The minimum absolute atomic E-state index is 0.158. The van der Waals surface area contributed by atoms with Gasteiger partial charge in [-0.05, 0) is 28.3 Å². The van der Waals surface area contributed by atoms with Gasteiger partial charge >= 0.3 is 0 Å². The average molecular weight is 272 g/mol. The van der Waals surface area contributed by atoms with Crippen molar-refractivity contribution in [2.45, 2.75) is 19.4 Å². The molecule has 0 aromatic carbocycles. The third-order valence-electron chi connectivity index (χ3n) is 2.93. The van der Waals surface area contributed by atoms with Crippen molar-refractivity contribution in [3.63, 3.8) is 0 Å². The Labute approximate surface area is 97.5 Å². The molecule has 4 nitrogen and oxygen atoms in total. The van der Waals surface area contributed by atoms with Crippen molar-refractivity contribution in [3.05, 3.63) is 16.9 Å². The van der Waals surface area contributed by atoms with E-state index in [0.717, 1.165) is 17.4 Å². The highest BCUT2D eigenvalue weighted by atomic mass is 79.9. The van der Waals surface area contributed by atoms with Crippen molar-refractivity contribution in [1.29, 1.82) is 0 Å². The maximum absolute atomic E-state index is 9.32. The summed E-state index contributed by atoms with van der Waals surface area (Å²) in [6.07, 6.45) is 4.56. The quantitative estimate of drug-likeness (QED) is 0.885. The van der Waals surface area contributed by atoms with Crippen molar-refractivity contribution < 1.29 is 5.11 Å². The van der Waals surface area contributed by atoms with E-state index >= 15 is 0 Å². The highest BCUT2D eigenvalue weighted by molar-refractivity contribution is 9.10. The van der Waals surface area contributed by atoms with Gasteiger partial charge in [0.15, 0.2) is 0 Å². The summed E-state index contributed by atoms with van der Waals surface area (Å²) in [5.74, 6) is 1.21. The number of anilines is 1. The lowest BCUT2D eigenvalue weighted by Crippen LogP contribution is -2.36. The van der Waals surface area contributed by atoms with Crippen LogP contribution in [0.1, 0.15) is 13.3 Å². The van der Waals surface area contributed by atoms with Crippen LogP contribution in [0.3, 0.4) is 0 Å². The van der Waals surface area contributed by atoms with Crippen LogP contribution in [0.2, 0.25) is 0 Å². The normalized spacial score (nSPS) is 25.9. The lowest BCUT2D eigenvalue weighted by Gasteiger charge is -2.24. The Morgan fingerprint density at radius 3 is 2.80 bits per heavy atom. The van der Waals surface area contributed by atoms with E-state index in [0.29, 0.717) is 11.9 Å². The second-order valence-corrected chi connectivity index (χ2v) is 4.83. The molecule has 82 valence electrons. The molecular weight excluding hydrogens is 258 g/mol. The molecule has 1 aromatic heterocycles. The Kier molecular flexibility index (Phi) is 3.21. The zero-order valence-corrected chi connectivity index (χ0v) is 10.2. The standard InChI is InChI=1S/C10H14BrN3O/c1-7-2-3-14(9(7)6-15)10-12-4-8(11)5-13-10/h4-5,7,9,15H,2-3,6H2,1H3. The van der Waals surface area contributed by atoms with Gasteiger partial charge in [0.05, 0.1) is 17.1 Å². The summed E-state index contributed by atoms with van der Waals surface area (Å²) in [6.45, 7) is 3.24. The Balaban J connectivity index is 2.20. The van der Waals surface area contributed by atoms with E-state index < -0.39 is 0 Å². The molecule has 15 heavy (non-hydrogen) atoms. The number of aromatic nitrogens is 2. The van der Waals surface area contributed by atoms with Crippen LogP contribution in [0.5, 0.6) is 0 Å². The number of aliphatic hydroxyl groups excluding tert-OH is 1. The van der Waals surface area contributed by atoms with Crippen molar-refractivity contribution in [1.82, 2.24) is 9.97 Å². The number of hydrogen-bond donors (Lipinski definition) is 1. The van der Waals surface area contributed by atoms with Gasteiger partial charge in [0.25, 0.3) is 0 Å². The number of halogens is 1. The van der Waals surface area contributed by atoms with Crippen molar-refractivity contribution in [3.8, 4) is 0 Å². The molecule has 1 aromatic rings. The first-order chi connectivity index (χ1) is 7.22. The van der Waals surface area contributed by atoms with Crippen LogP contribution in [-0.4, -0.2) is 34.3 Å². The largest absolute Gasteiger partial charge is 0.394 e. The predicted octanol–water partition coefficient (Wildman–Crippen LogP) is 1.45. The molecule has 2 atom stereocenters. The molecule has 0 amide bonds. The van der Waals surface area contributed by atoms with Gasteiger partial charge in [-0.3, -0.25) is 0 Å². The van der Waals surface area contributed by atoms with E-state index in [1.807, 2.05) is 0 Å². The van der Waals surface area contributed by atoms with E-state index in [1.165, 1.54) is 0 Å². The minimum atomic E-state index is 0.158. The highest BCUT2D eigenvalue weighted by Crippen LogP contribution is 2.26. The van der Waals surface area contributed by atoms with E-state index in [2.05, 4.69) is 37.7 Å². The first-order valence-corrected chi connectivity index (χ1v) is 5.86. The van der Waals surface area contributed by atoms with Crippen molar-refractivity contribution >= 4 is 21.9 Å². The summed E-state index contributed by atoms with van der Waals surface area (Å²) >= 11 is 3.31. The van der Waals surface area contributed by atoms with E-state index in [1.54, 1.807) is 12.4 Å². The van der Waals surface area contributed by atoms with Crippen LogP contribution in [-0.2, 0) is 0 Å². The van der Waals surface area contributed by atoms with Crippen LogP contribution in [0.25, 0.3) is 0 Å². The Hall–Kier alpha value is -0.680. The van der Waals surface area contributed by atoms with Crippen molar-refractivity contribution in [2.75, 3.05) is 18.1 Å². The number of rotatable bonds is 2. The zero-order chi connectivity index (χ0) is 10.8. The van der Waals surface area contributed by atoms with Crippen LogP contribution >= 0.6 is 15.9 Å². The van der Waals surface area contributed by atoms with E-state index in [-0.39, 0.29) is 12.6 Å². The lowest BCUT2D eigenvalue weighted by atomic mass is 10.0. The topological polar surface area (TPSA) is 49.2 Å². The molecule has 2 rings (SSSR count). The summed E-state index contributed by atoms with van der Waals surface area (Å²) in [5, 5.41) is 9.32. The van der Waals surface area contributed by atoms with Crippen molar-refractivity contribution in [2.24, 2.45) is 5.92 Å². The summed E-state index contributed by atoms with van der Waals surface area (Å²) in [4.78, 5) is 10.6. The van der Waals surface area contributed by atoms with Gasteiger partial charge in [0.2, 0.25) is 5.95 Å². The zero-order valence-electron chi connectivity index (χ0n) is 8.60. The Bertz CT molecular complexity index is 330. The third kappa shape index (κ3) is 2.13. The summed E-state index contributed by atoms with van der Waals surface area (Å²) in [5.41, 5.74) is 0. The van der Waals surface area contributed by atoms with Gasteiger partial charge in [0, 0.05) is 18.9 Å². The molecule has 1 aliphatic heterocycles. The van der Waals surface area contributed by atoms with Crippen LogP contribution in [0.15, 0.2) is 16.9 Å². The summed E-state index contributed by atoms with van der Waals surface area (Å²) in [7, 11) is 0. The van der Waals surface area contributed by atoms with Crippen LogP contribution < -0.4 is 4.90 Å². The first-order valence-electron chi connectivity index (χ1n) is 5.07. The molecule has 1 saturated heterocycles. The molecule has 0 radical (unpaired) electrons.